The van der Waals surface area contributed by atoms with E-state index in [4.69, 9.17) is 23.2 Å². The summed E-state index contributed by atoms with van der Waals surface area (Å²) in [5.41, 5.74) is 1.05. The van der Waals surface area contributed by atoms with Crippen LogP contribution >= 0.6 is 35.1 Å². The smallest absolute Gasteiger partial charge is 0.0743 e. The highest BCUT2D eigenvalue weighted by atomic mass is 35.5. The zero-order valence-corrected chi connectivity index (χ0v) is 11.6. The Bertz CT molecular complexity index is 358. The fourth-order valence-corrected chi connectivity index (χ4v) is 2.21. The predicted molar refractivity (Wildman–Crippen MR) is 69.9 cm³/mol. The number of benzene rings is 1. The molecule has 0 atom stereocenters. The highest BCUT2D eigenvalue weighted by Gasteiger charge is 2.12. The van der Waals surface area contributed by atoms with Crippen molar-refractivity contribution in [3.05, 3.63) is 27.7 Å². The van der Waals surface area contributed by atoms with Gasteiger partial charge in [-0.2, -0.15) is 0 Å². The maximum absolute atomic E-state index is 6.13. The van der Waals surface area contributed by atoms with Crippen LogP contribution in [0.5, 0.6) is 0 Å². The topological polar surface area (TPSA) is 12.0 Å². The third kappa shape index (κ3) is 3.87. The SMILES string of the molecule is Cc1ccc(SNC(C)(C)C)c(Cl)c1Cl. The lowest BCUT2D eigenvalue weighted by atomic mass is 10.1. The van der Waals surface area contributed by atoms with Crippen LogP contribution in [-0.4, -0.2) is 5.54 Å². The average Bonchev–Trinajstić information content (AvgIpc) is 2.12. The van der Waals surface area contributed by atoms with Gasteiger partial charge in [-0.1, -0.05) is 29.3 Å². The standard InChI is InChI=1S/C11H15Cl2NS/c1-7-5-6-8(10(13)9(7)12)15-14-11(2,3)4/h5-6,14H,1-4H3. The summed E-state index contributed by atoms with van der Waals surface area (Å²) in [6, 6.07) is 3.95. The van der Waals surface area contributed by atoms with E-state index in [2.05, 4.69) is 25.5 Å². The summed E-state index contributed by atoms with van der Waals surface area (Å²) in [6.45, 7) is 8.25. The van der Waals surface area contributed by atoms with Crippen molar-refractivity contribution in [1.82, 2.24) is 4.72 Å². The molecule has 0 spiro atoms. The van der Waals surface area contributed by atoms with Gasteiger partial charge in [0.15, 0.2) is 0 Å². The van der Waals surface area contributed by atoms with Gasteiger partial charge < -0.3 is 0 Å². The molecule has 0 amide bonds. The zero-order chi connectivity index (χ0) is 11.6. The van der Waals surface area contributed by atoms with Gasteiger partial charge >= 0.3 is 0 Å². The molecule has 1 N–H and O–H groups in total. The molecule has 0 fully saturated rings. The van der Waals surface area contributed by atoms with Gasteiger partial charge in [-0.25, -0.2) is 0 Å². The minimum atomic E-state index is 0.0470. The van der Waals surface area contributed by atoms with Gasteiger partial charge in [0.1, 0.15) is 0 Å². The third-order valence-electron chi connectivity index (χ3n) is 1.71. The molecule has 0 aliphatic carbocycles. The van der Waals surface area contributed by atoms with E-state index in [1.54, 1.807) is 0 Å². The summed E-state index contributed by atoms with van der Waals surface area (Å²) in [6.07, 6.45) is 0. The Kier molecular flexibility index (Phi) is 4.36. The summed E-state index contributed by atoms with van der Waals surface area (Å²) in [5, 5.41) is 1.26. The second-order valence-electron chi connectivity index (χ2n) is 4.46. The minimum Gasteiger partial charge on any atom is -0.255 e. The molecule has 0 bridgehead atoms. The Morgan fingerprint density at radius 3 is 2.27 bits per heavy atom. The molecule has 15 heavy (non-hydrogen) atoms. The number of aryl methyl sites for hydroxylation is 1. The van der Waals surface area contributed by atoms with Crippen LogP contribution in [0, 0.1) is 6.92 Å². The monoisotopic (exact) mass is 263 g/mol. The number of nitrogens with one attached hydrogen (secondary N) is 1. The van der Waals surface area contributed by atoms with Crippen LogP contribution < -0.4 is 4.72 Å². The van der Waals surface area contributed by atoms with E-state index in [9.17, 15) is 0 Å². The molecule has 1 aromatic rings. The van der Waals surface area contributed by atoms with Crippen LogP contribution in [0.25, 0.3) is 0 Å². The van der Waals surface area contributed by atoms with E-state index in [-0.39, 0.29) is 5.54 Å². The summed E-state index contributed by atoms with van der Waals surface area (Å²) in [5.74, 6) is 0. The molecule has 1 rings (SSSR count). The predicted octanol–water partition coefficient (Wildman–Crippen LogP) is 4.70. The molecule has 1 nitrogen and oxygen atoms in total. The van der Waals surface area contributed by atoms with Crippen molar-refractivity contribution in [1.29, 1.82) is 0 Å². The lowest BCUT2D eigenvalue weighted by Gasteiger charge is -2.20. The Hall–Kier alpha value is 0.110. The maximum Gasteiger partial charge on any atom is 0.0743 e. The van der Waals surface area contributed by atoms with Gasteiger partial charge in [-0.15, -0.1) is 0 Å². The van der Waals surface area contributed by atoms with E-state index in [1.807, 2.05) is 19.1 Å². The van der Waals surface area contributed by atoms with E-state index in [1.165, 1.54) is 11.9 Å². The summed E-state index contributed by atoms with van der Waals surface area (Å²) >= 11 is 13.7. The molecule has 0 unspecified atom stereocenters. The molecule has 0 aliphatic heterocycles. The van der Waals surface area contributed by atoms with Gasteiger partial charge in [-0.05, 0) is 51.3 Å². The second kappa shape index (κ2) is 4.96. The molecule has 4 heteroatoms. The van der Waals surface area contributed by atoms with Gasteiger partial charge in [0.05, 0.1) is 10.0 Å². The van der Waals surface area contributed by atoms with E-state index >= 15 is 0 Å². The summed E-state index contributed by atoms with van der Waals surface area (Å²) < 4.78 is 3.30. The number of halogens is 2. The second-order valence-corrected chi connectivity index (χ2v) is 6.07. The molecule has 0 saturated heterocycles. The number of rotatable bonds is 2. The minimum absolute atomic E-state index is 0.0470. The Labute approximate surface area is 106 Å². The fourth-order valence-electron chi connectivity index (χ4n) is 0.915. The maximum atomic E-state index is 6.13. The zero-order valence-electron chi connectivity index (χ0n) is 9.32. The Morgan fingerprint density at radius 2 is 1.73 bits per heavy atom. The Balaban J connectivity index is 2.83. The average molecular weight is 264 g/mol. The molecule has 0 heterocycles. The van der Waals surface area contributed by atoms with Crippen LogP contribution in [0.15, 0.2) is 17.0 Å². The van der Waals surface area contributed by atoms with Crippen LogP contribution in [0.1, 0.15) is 26.3 Å². The van der Waals surface area contributed by atoms with Gasteiger partial charge in [0.25, 0.3) is 0 Å². The van der Waals surface area contributed by atoms with Crippen molar-refractivity contribution in [2.75, 3.05) is 0 Å². The first kappa shape index (κ1) is 13.2. The highest BCUT2D eigenvalue weighted by Crippen LogP contribution is 2.34. The van der Waals surface area contributed by atoms with Crippen LogP contribution in [0.2, 0.25) is 10.0 Å². The van der Waals surface area contributed by atoms with Crippen molar-refractivity contribution >= 4 is 35.1 Å². The lowest BCUT2D eigenvalue weighted by molar-refractivity contribution is 0.535. The van der Waals surface area contributed by atoms with Gasteiger partial charge in [0.2, 0.25) is 0 Å². The quantitative estimate of drug-likeness (QED) is 0.777. The van der Waals surface area contributed by atoms with Crippen molar-refractivity contribution in [3.8, 4) is 0 Å². The molecule has 0 radical (unpaired) electrons. The van der Waals surface area contributed by atoms with Crippen molar-refractivity contribution < 1.29 is 0 Å². The fraction of sp³-hybridized carbons (Fsp3) is 0.455. The number of hydrogen-bond donors (Lipinski definition) is 1. The molecule has 0 saturated carbocycles. The van der Waals surface area contributed by atoms with Crippen molar-refractivity contribution in [2.45, 2.75) is 38.1 Å². The van der Waals surface area contributed by atoms with Crippen LogP contribution in [0.3, 0.4) is 0 Å². The molecular formula is C11H15Cl2NS. The summed E-state index contributed by atoms with van der Waals surface area (Å²) in [4.78, 5) is 0.960. The first-order chi connectivity index (χ1) is 6.81. The molecule has 84 valence electrons. The van der Waals surface area contributed by atoms with Gasteiger partial charge in [-0.3, -0.25) is 4.72 Å². The third-order valence-corrected chi connectivity index (χ3v) is 4.07. The van der Waals surface area contributed by atoms with Gasteiger partial charge in [0, 0.05) is 10.4 Å². The van der Waals surface area contributed by atoms with E-state index in [0.29, 0.717) is 10.0 Å². The lowest BCUT2D eigenvalue weighted by Crippen LogP contribution is -2.29. The van der Waals surface area contributed by atoms with Crippen molar-refractivity contribution in [3.63, 3.8) is 0 Å². The molecule has 0 aromatic heterocycles. The number of hydrogen-bond acceptors (Lipinski definition) is 2. The molecular weight excluding hydrogens is 249 g/mol. The summed E-state index contributed by atoms with van der Waals surface area (Å²) in [7, 11) is 0. The van der Waals surface area contributed by atoms with Crippen LogP contribution in [-0.2, 0) is 0 Å². The Morgan fingerprint density at radius 1 is 1.13 bits per heavy atom. The van der Waals surface area contributed by atoms with E-state index in [0.717, 1.165) is 10.5 Å². The first-order valence-corrected chi connectivity index (χ1v) is 6.27. The largest absolute Gasteiger partial charge is 0.255 e. The van der Waals surface area contributed by atoms with E-state index < -0.39 is 0 Å². The molecule has 0 aliphatic rings. The van der Waals surface area contributed by atoms with Crippen molar-refractivity contribution in [2.24, 2.45) is 0 Å². The molecule has 1 aromatic carbocycles. The highest BCUT2D eigenvalue weighted by molar-refractivity contribution is 7.97. The van der Waals surface area contributed by atoms with Crippen LogP contribution in [0.4, 0.5) is 0 Å². The first-order valence-electron chi connectivity index (χ1n) is 4.70. The normalized spacial score (nSPS) is 11.9.